The fraction of sp³-hybridized carbons (Fsp3) is 0.200. The van der Waals surface area contributed by atoms with E-state index in [9.17, 15) is 9.90 Å². The van der Waals surface area contributed by atoms with Crippen molar-refractivity contribution >= 4 is 22.1 Å². The highest BCUT2D eigenvalue weighted by molar-refractivity contribution is 8.01. The number of aliphatic imine (C=N–C) groups is 1. The molecule has 1 aliphatic rings. The molecule has 0 spiro atoms. The maximum Gasteiger partial charge on any atom is 0.260 e. The molecule has 0 aliphatic carbocycles. The fourth-order valence-electron chi connectivity index (χ4n) is 1.43. The Labute approximate surface area is 89.6 Å². The number of para-hydroxylation sites is 1. The molecule has 1 heterocycles. The molecule has 0 saturated heterocycles. The van der Waals surface area contributed by atoms with Crippen LogP contribution in [0.2, 0.25) is 0 Å². The van der Waals surface area contributed by atoms with Crippen LogP contribution >= 0.6 is 0 Å². The number of carbonyl (C=O) groups is 1. The van der Waals surface area contributed by atoms with E-state index in [1.807, 2.05) is 0 Å². The first-order valence-electron chi connectivity index (χ1n) is 4.46. The van der Waals surface area contributed by atoms with Gasteiger partial charge in [0.15, 0.2) is 0 Å². The van der Waals surface area contributed by atoms with Crippen LogP contribution in [0.3, 0.4) is 0 Å². The smallest absolute Gasteiger partial charge is 0.260 e. The summed E-state index contributed by atoms with van der Waals surface area (Å²) in [6.07, 6.45) is 0.387. The van der Waals surface area contributed by atoms with Crippen molar-refractivity contribution in [3.8, 4) is 5.75 Å². The lowest BCUT2D eigenvalue weighted by molar-refractivity contribution is -0.117. The SMILES string of the molecule is N=S1C=NC(=O)C1Cc1ccccc1O. The summed E-state index contributed by atoms with van der Waals surface area (Å²) >= 11 is 0. The van der Waals surface area contributed by atoms with E-state index in [4.69, 9.17) is 4.78 Å². The number of nitrogens with zero attached hydrogens (tertiary/aromatic N) is 1. The molecule has 1 aliphatic heterocycles. The molecule has 2 N–H and O–H groups in total. The molecular weight excluding hydrogens is 212 g/mol. The van der Waals surface area contributed by atoms with Gasteiger partial charge >= 0.3 is 0 Å². The Morgan fingerprint density at radius 2 is 2.20 bits per heavy atom. The third-order valence-electron chi connectivity index (χ3n) is 2.27. The van der Waals surface area contributed by atoms with E-state index in [2.05, 4.69) is 4.99 Å². The highest BCUT2D eigenvalue weighted by atomic mass is 32.2. The van der Waals surface area contributed by atoms with Crippen molar-refractivity contribution in [3.05, 3.63) is 29.8 Å². The fourth-order valence-corrected chi connectivity index (χ4v) is 2.44. The molecule has 4 nitrogen and oxygen atoms in total. The lowest BCUT2D eigenvalue weighted by Gasteiger charge is -2.08. The van der Waals surface area contributed by atoms with Gasteiger partial charge in [0.25, 0.3) is 5.91 Å². The van der Waals surface area contributed by atoms with Crippen LogP contribution in [0.5, 0.6) is 5.75 Å². The molecule has 1 aromatic carbocycles. The largest absolute Gasteiger partial charge is 0.508 e. The predicted octanol–water partition coefficient (Wildman–Crippen LogP) is 1.25. The summed E-state index contributed by atoms with van der Waals surface area (Å²) in [5.74, 6) is -0.0780. The Kier molecular flexibility index (Phi) is 2.64. The third kappa shape index (κ3) is 1.97. The molecule has 2 atom stereocenters. The Morgan fingerprint density at radius 3 is 2.80 bits per heavy atom. The molecule has 0 bridgehead atoms. The van der Waals surface area contributed by atoms with Crippen LogP contribution in [0.15, 0.2) is 29.3 Å². The van der Waals surface area contributed by atoms with Crippen molar-refractivity contribution in [1.29, 1.82) is 4.78 Å². The number of nitrogens with one attached hydrogen (secondary N) is 1. The minimum atomic E-state index is -0.852. The van der Waals surface area contributed by atoms with Crippen LogP contribution in [0.4, 0.5) is 0 Å². The van der Waals surface area contributed by atoms with E-state index < -0.39 is 15.9 Å². The second-order valence-electron chi connectivity index (χ2n) is 3.27. The number of hydrogen-bond donors (Lipinski definition) is 2. The molecule has 1 amide bonds. The molecule has 2 unspecified atom stereocenters. The molecule has 0 aromatic heterocycles. The summed E-state index contributed by atoms with van der Waals surface area (Å²) in [6, 6.07) is 6.87. The van der Waals surface area contributed by atoms with E-state index in [-0.39, 0.29) is 11.7 Å². The average molecular weight is 222 g/mol. The Balaban J connectivity index is 2.20. The lowest BCUT2D eigenvalue weighted by Crippen LogP contribution is -2.21. The van der Waals surface area contributed by atoms with Gasteiger partial charge in [-0.1, -0.05) is 18.2 Å². The molecule has 78 valence electrons. The molecule has 2 rings (SSSR count). The van der Waals surface area contributed by atoms with Crippen LogP contribution in [-0.2, 0) is 21.9 Å². The van der Waals surface area contributed by atoms with Crippen molar-refractivity contribution in [3.63, 3.8) is 0 Å². The number of rotatable bonds is 2. The van der Waals surface area contributed by atoms with Gasteiger partial charge in [-0.3, -0.25) is 9.57 Å². The molecule has 0 fully saturated rings. The van der Waals surface area contributed by atoms with Gasteiger partial charge in [0, 0.05) is 0 Å². The zero-order valence-corrected chi connectivity index (χ0v) is 8.70. The van der Waals surface area contributed by atoms with Gasteiger partial charge in [0.1, 0.15) is 11.0 Å². The minimum absolute atomic E-state index is 0.175. The average Bonchev–Trinajstić information content (AvgIpc) is 2.53. The van der Waals surface area contributed by atoms with Crippen molar-refractivity contribution in [1.82, 2.24) is 0 Å². The Bertz CT molecular complexity index is 438. The molecular formula is C10H10N2O2S. The number of phenols is 1. The number of phenolic OH excluding ortho intramolecular Hbond substituents is 1. The molecule has 1 aromatic rings. The maximum atomic E-state index is 11.3. The van der Waals surface area contributed by atoms with Crippen LogP contribution in [0.25, 0.3) is 0 Å². The Hall–Kier alpha value is -1.49. The summed E-state index contributed by atoms with van der Waals surface area (Å²) in [5.41, 5.74) is 2.08. The highest BCUT2D eigenvalue weighted by Crippen LogP contribution is 2.21. The molecule has 5 heteroatoms. The first kappa shape index (κ1) is 10.0. The van der Waals surface area contributed by atoms with Crippen molar-refractivity contribution in [2.75, 3.05) is 0 Å². The number of carbonyl (C=O) groups excluding carboxylic acids is 1. The summed E-state index contributed by atoms with van der Waals surface area (Å²) in [7, 11) is -0.852. The quantitative estimate of drug-likeness (QED) is 0.790. The molecule has 0 radical (unpaired) electrons. The van der Waals surface area contributed by atoms with E-state index >= 15 is 0 Å². The summed E-state index contributed by atoms with van der Waals surface area (Å²) in [6.45, 7) is 0. The number of benzene rings is 1. The predicted molar refractivity (Wildman–Crippen MR) is 59.2 cm³/mol. The van der Waals surface area contributed by atoms with Gasteiger partial charge in [-0.2, -0.15) is 0 Å². The zero-order valence-electron chi connectivity index (χ0n) is 7.88. The normalized spacial score (nSPS) is 24.7. The van der Waals surface area contributed by atoms with E-state index in [1.54, 1.807) is 24.3 Å². The second kappa shape index (κ2) is 3.94. The number of aromatic hydroxyl groups is 1. The summed E-state index contributed by atoms with van der Waals surface area (Å²) in [4.78, 5) is 14.9. The standard InChI is InChI=1S/C10H10N2O2S/c11-15-6-12-10(14)9(15)5-7-3-1-2-4-8(7)13/h1-4,6,9,11,13H,5H2. The van der Waals surface area contributed by atoms with Crippen LogP contribution in [0, 0.1) is 4.78 Å². The molecule has 15 heavy (non-hydrogen) atoms. The maximum absolute atomic E-state index is 11.3. The summed E-state index contributed by atoms with van der Waals surface area (Å²) in [5, 5.41) is 9.11. The Morgan fingerprint density at radius 1 is 1.47 bits per heavy atom. The highest BCUT2D eigenvalue weighted by Gasteiger charge is 2.26. The van der Waals surface area contributed by atoms with Crippen LogP contribution in [0.1, 0.15) is 5.56 Å². The van der Waals surface area contributed by atoms with Gasteiger partial charge in [0.05, 0.1) is 5.55 Å². The monoisotopic (exact) mass is 222 g/mol. The van der Waals surface area contributed by atoms with E-state index in [0.717, 1.165) is 0 Å². The van der Waals surface area contributed by atoms with Crippen LogP contribution < -0.4 is 0 Å². The summed E-state index contributed by atoms with van der Waals surface area (Å²) < 4.78 is 7.62. The number of amides is 1. The van der Waals surface area contributed by atoms with Crippen molar-refractivity contribution < 1.29 is 9.90 Å². The third-order valence-corrected chi connectivity index (χ3v) is 3.59. The van der Waals surface area contributed by atoms with E-state index in [1.165, 1.54) is 5.55 Å². The van der Waals surface area contributed by atoms with Gasteiger partial charge in [0.2, 0.25) is 0 Å². The van der Waals surface area contributed by atoms with E-state index in [0.29, 0.717) is 12.0 Å². The number of hydrogen-bond acceptors (Lipinski definition) is 3. The first-order valence-corrected chi connectivity index (χ1v) is 5.81. The second-order valence-corrected chi connectivity index (χ2v) is 4.79. The van der Waals surface area contributed by atoms with Gasteiger partial charge in [-0.05, 0) is 28.7 Å². The first-order chi connectivity index (χ1) is 7.18. The van der Waals surface area contributed by atoms with Crippen molar-refractivity contribution in [2.45, 2.75) is 11.7 Å². The zero-order chi connectivity index (χ0) is 10.8. The molecule has 0 saturated carbocycles. The topological polar surface area (TPSA) is 73.5 Å². The van der Waals surface area contributed by atoms with Gasteiger partial charge in [-0.15, -0.1) is 0 Å². The van der Waals surface area contributed by atoms with Crippen molar-refractivity contribution in [2.24, 2.45) is 4.99 Å². The minimum Gasteiger partial charge on any atom is -0.508 e. The van der Waals surface area contributed by atoms with Gasteiger partial charge in [-0.25, -0.2) is 4.99 Å². The van der Waals surface area contributed by atoms with Crippen LogP contribution in [-0.4, -0.2) is 21.8 Å². The lowest BCUT2D eigenvalue weighted by atomic mass is 10.1. The van der Waals surface area contributed by atoms with Gasteiger partial charge < -0.3 is 5.11 Å².